The zero-order valence-electron chi connectivity index (χ0n) is 30.2. The average Bonchev–Trinajstić information content (AvgIpc) is 3.15. The number of piperidine rings is 4. The molecule has 3 aromatic rings. The molecule has 2 N–H and O–H groups in total. The Balaban J connectivity index is 0.921. The lowest BCUT2D eigenvalue weighted by atomic mass is 9.71. The fourth-order valence-electron chi connectivity index (χ4n) is 8.67. The topological polar surface area (TPSA) is 129 Å². The number of nitrogens with one attached hydrogen (secondary N) is 2. The number of methoxy groups -OCH3 is 1. The molecule has 3 atom stereocenters. The van der Waals surface area contributed by atoms with Gasteiger partial charge >= 0.3 is 0 Å². The van der Waals surface area contributed by atoms with E-state index in [1.165, 1.54) is 10.2 Å². The summed E-state index contributed by atoms with van der Waals surface area (Å²) in [6, 6.07) is 14.2. The number of halogens is 1. The van der Waals surface area contributed by atoms with Gasteiger partial charge in [0.2, 0.25) is 11.8 Å². The summed E-state index contributed by atoms with van der Waals surface area (Å²) in [4.78, 5) is 56.6. The molecule has 4 fully saturated rings. The third-order valence-corrected chi connectivity index (χ3v) is 12.2. The van der Waals surface area contributed by atoms with Crippen molar-refractivity contribution in [1.82, 2.24) is 24.9 Å². The van der Waals surface area contributed by atoms with Crippen LogP contribution in [0.4, 0.5) is 11.4 Å². The maximum absolute atomic E-state index is 13.6. The van der Waals surface area contributed by atoms with Crippen molar-refractivity contribution in [2.45, 2.75) is 62.8 Å². The fourth-order valence-corrected chi connectivity index (χ4v) is 8.89. The van der Waals surface area contributed by atoms with Crippen LogP contribution in [-0.4, -0.2) is 96.8 Å². The SMILES string of the molecule is COc1cc(C2CCC(=O)NC2=O)ccc1N1CCC2(CCN(C(=O)c3ccc(C4CC(Nc5cnn(C)c(=O)c5Cl)CN(C)C4)cc3)CC2)CC1. The molecule has 2 aromatic carbocycles. The van der Waals surface area contributed by atoms with Crippen LogP contribution in [0, 0.1) is 5.41 Å². The van der Waals surface area contributed by atoms with Crippen molar-refractivity contribution < 1.29 is 19.1 Å². The summed E-state index contributed by atoms with van der Waals surface area (Å²) >= 11 is 6.32. The third kappa shape index (κ3) is 7.41. The summed E-state index contributed by atoms with van der Waals surface area (Å²) in [6.45, 7) is 5.05. The lowest BCUT2D eigenvalue weighted by Gasteiger charge is -2.47. The molecule has 1 aromatic heterocycles. The lowest BCUT2D eigenvalue weighted by molar-refractivity contribution is -0.134. The largest absolute Gasteiger partial charge is 0.495 e. The van der Waals surface area contributed by atoms with E-state index in [2.05, 4.69) is 44.7 Å². The van der Waals surface area contributed by atoms with Gasteiger partial charge in [-0.15, -0.1) is 0 Å². The predicted octanol–water partition coefficient (Wildman–Crippen LogP) is 4.39. The van der Waals surface area contributed by atoms with E-state index in [0.717, 1.165) is 93.9 Å². The number of carbonyl (C=O) groups is 3. The van der Waals surface area contributed by atoms with Crippen LogP contribution in [0.5, 0.6) is 5.75 Å². The van der Waals surface area contributed by atoms with Gasteiger partial charge in [0.15, 0.2) is 0 Å². The second-order valence-corrected chi connectivity index (χ2v) is 15.5. The van der Waals surface area contributed by atoms with E-state index in [1.807, 2.05) is 35.2 Å². The number of rotatable bonds is 7. The lowest BCUT2D eigenvalue weighted by Crippen LogP contribution is -2.48. The van der Waals surface area contributed by atoms with Crippen molar-refractivity contribution in [3.63, 3.8) is 0 Å². The number of hydrogen-bond acceptors (Lipinski definition) is 9. The van der Waals surface area contributed by atoms with Crippen LogP contribution in [-0.2, 0) is 16.6 Å². The number of likely N-dealkylation sites (N-methyl/N-ethyl adjacent to an activating group) is 1. The van der Waals surface area contributed by atoms with Crippen molar-refractivity contribution in [2.75, 3.05) is 63.6 Å². The quantitative estimate of drug-likeness (QED) is 0.341. The molecule has 7 rings (SSSR count). The molecule has 13 heteroatoms. The Morgan fingerprint density at radius 2 is 1.65 bits per heavy atom. The number of nitrogens with zero attached hydrogens (tertiary/aromatic N) is 5. The Morgan fingerprint density at radius 3 is 2.35 bits per heavy atom. The first kappa shape index (κ1) is 36.0. The molecule has 276 valence electrons. The first-order chi connectivity index (χ1) is 25.0. The van der Waals surface area contributed by atoms with Crippen LogP contribution in [0.15, 0.2) is 53.5 Å². The number of hydrogen-bond donors (Lipinski definition) is 2. The molecule has 4 aliphatic rings. The van der Waals surface area contributed by atoms with Gasteiger partial charge in [0, 0.05) is 64.3 Å². The van der Waals surface area contributed by atoms with Gasteiger partial charge in [-0.05, 0) is 92.3 Å². The fraction of sp³-hybridized carbons (Fsp3) is 0.513. The highest BCUT2D eigenvalue weighted by atomic mass is 35.5. The molecule has 4 saturated heterocycles. The summed E-state index contributed by atoms with van der Waals surface area (Å²) in [5.41, 5.74) is 4.26. The molecular formula is C39H48ClN7O5. The second-order valence-electron chi connectivity index (χ2n) is 15.1. The zero-order valence-corrected chi connectivity index (χ0v) is 31.0. The third-order valence-electron chi connectivity index (χ3n) is 11.8. The Labute approximate surface area is 309 Å². The number of ether oxygens (including phenoxy) is 1. The zero-order chi connectivity index (χ0) is 36.6. The van der Waals surface area contributed by atoms with Gasteiger partial charge in [0.05, 0.1) is 30.6 Å². The van der Waals surface area contributed by atoms with Crippen molar-refractivity contribution in [3.05, 3.63) is 80.7 Å². The number of amides is 3. The first-order valence-electron chi connectivity index (χ1n) is 18.4. The van der Waals surface area contributed by atoms with E-state index in [1.54, 1.807) is 20.4 Å². The number of imide groups is 1. The van der Waals surface area contributed by atoms with Crippen LogP contribution >= 0.6 is 11.6 Å². The number of carbonyl (C=O) groups excluding carboxylic acids is 3. The van der Waals surface area contributed by atoms with Crippen molar-refractivity contribution in [1.29, 1.82) is 0 Å². The molecule has 0 aliphatic carbocycles. The van der Waals surface area contributed by atoms with E-state index < -0.39 is 0 Å². The number of aromatic nitrogens is 2. The van der Waals surface area contributed by atoms with E-state index in [0.29, 0.717) is 18.5 Å². The van der Waals surface area contributed by atoms with Gasteiger partial charge in [-0.25, -0.2) is 4.68 Å². The minimum Gasteiger partial charge on any atom is -0.495 e. The molecule has 1 spiro atoms. The molecule has 0 radical (unpaired) electrons. The maximum atomic E-state index is 13.6. The Bertz CT molecular complexity index is 1880. The molecule has 52 heavy (non-hydrogen) atoms. The van der Waals surface area contributed by atoms with Crippen LogP contribution < -0.4 is 25.8 Å². The summed E-state index contributed by atoms with van der Waals surface area (Å²) in [7, 11) is 5.33. The van der Waals surface area contributed by atoms with Gasteiger partial charge in [0.25, 0.3) is 11.5 Å². The van der Waals surface area contributed by atoms with Gasteiger partial charge in [-0.3, -0.25) is 24.5 Å². The van der Waals surface area contributed by atoms with Gasteiger partial charge < -0.3 is 24.8 Å². The normalized spacial score (nSPS) is 23.7. The van der Waals surface area contributed by atoms with E-state index in [4.69, 9.17) is 16.3 Å². The number of likely N-dealkylation sites (tertiary alicyclic amines) is 2. The van der Waals surface area contributed by atoms with E-state index in [-0.39, 0.29) is 51.6 Å². The Kier molecular flexibility index (Phi) is 10.3. The first-order valence-corrected chi connectivity index (χ1v) is 18.7. The van der Waals surface area contributed by atoms with Gasteiger partial charge in [-0.2, -0.15) is 5.10 Å². The van der Waals surface area contributed by atoms with Crippen molar-refractivity contribution >= 4 is 40.7 Å². The molecule has 5 heterocycles. The van der Waals surface area contributed by atoms with Crippen LogP contribution in [0.3, 0.4) is 0 Å². The van der Waals surface area contributed by atoms with E-state index in [9.17, 15) is 19.2 Å². The molecule has 0 bridgehead atoms. The second kappa shape index (κ2) is 14.9. The van der Waals surface area contributed by atoms with E-state index >= 15 is 0 Å². The average molecular weight is 730 g/mol. The summed E-state index contributed by atoms with van der Waals surface area (Å²) in [5.74, 6) is 0.305. The summed E-state index contributed by atoms with van der Waals surface area (Å²) in [5, 5.41) is 10.2. The summed E-state index contributed by atoms with van der Waals surface area (Å²) in [6.07, 6.45) is 7.42. The highest BCUT2D eigenvalue weighted by Gasteiger charge is 2.39. The highest BCUT2D eigenvalue weighted by Crippen LogP contribution is 2.44. The summed E-state index contributed by atoms with van der Waals surface area (Å²) < 4.78 is 7.01. The standard InChI is InChI=1S/C39H48ClN7O5/c1-44-23-28(20-29(24-44)42-31-22-41-45(2)38(51)35(31)40)25-4-6-26(7-5-25)37(50)47-18-14-39(15-19-47)12-16-46(17-13-39)32-10-8-27(21-33(32)52-3)30-9-11-34(48)43-36(30)49/h4-8,10,21-22,28-30,42H,9,11-20,23-24H2,1-3H3,(H,43,48,49). The Morgan fingerprint density at radius 1 is 0.962 bits per heavy atom. The number of benzene rings is 2. The van der Waals surface area contributed by atoms with Crippen molar-refractivity contribution in [3.8, 4) is 5.75 Å². The maximum Gasteiger partial charge on any atom is 0.287 e. The Hall–Kier alpha value is -4.42. The molecule has 0 saturated carbocycles. The van der Waals surface area contributed by atoms with Crippen molar-refractivity contribution in [2.24, 2.45) is 12.5 Å². The molecule has 3 amide bonds. The minimum atomic E-state index is -0.344. The van der Waals surface area contributed by atoms with Crippen LogP contribution in [0.1, 0.15) is 78.3 Å². The number of aryl methyl sites for hydroxylation is 1. The van der Waals surface area contributed by atoms with Crippen LogP contribution in [0.2, 0.25) is 5.02 Å². The predicted molar refractivity (Wildman–Crippen MR) is 200 cm³/mol. The van der Waals surface area contributed by atoms with Gasteiger partial charge in [-0.1, -0.05) is 29.8 Å². The molecular weight excluding hydrogens is 682 g/mol. The van der Waals surface area contributed by atoms with Crippen LogP contribution in [0.25, 0.3) is 0 Å². The molecule has 4 aliphatic heterocycles. The monoisotopic (exact) mass is 729 g/mol. The highest BCUT2D eigenvalue weighted by molar-refractivity contribution is 6.32. The molecule has 12 nitrogen and oxygen atoms in total. The molecule has 3 unspecified atom stereocenters. The van der Waals surface area contributed by atoms with Gasteiger partial charge in [0.1, 0.15) is 10.8 Å². The minimum absolute atomic E-state index is 0.0905. The smallest absolute Gasteiger partial charge is 0.287 e. The number of anilines is 2.